The van der Waals surface area contributed by atoms with Crippen molar-refractivity contribution in [2.75, 3.05) is 33.3 Å². The van der Waals surface area contributed by atoms with Crippen molar-refractivity contribution < 1.29 is 9.53 Å². The van der Waals surface area contributed by atoms with E-state index in [9.17, 15) is 9.59 Å². The number of carbonyl (C=O) groups is 1. The number of ether oxygens (including phenoxy) is 1. The summed E-state index contributed by atoms with van der Waals surface area (Å²) in [5, 5.41) is 8.21. The van der Waals surface area contributed by atoms with Gasteiger partial charge in [0, 0.05) is 50.6 Å². The Morgan fingerprint density at radius 3 is 2.43 bits per heavy atom. The van der Waals surface area contributed by atoms with Crippen molar-refractivity contribution in [2.24, 2.45) is 0 Å². The highest BCUT2D eigenvalue weighted by atomic mass is 16.5. The summed E-state index contributed by atoms with van der Waals surface area (Å²) in [6.07, 6.45) is 5.83. The molecule has 1 saturated heterocycles. The van der Waals surface area contributed by atoms with Crippen LogP contribution in [0.2, 0.25) is 0 Å². The fraction of sp³-hybridized carbons (Fsp3) is 0.545. The van der Waals surface area contributed by atoms with Gasteiger partial charge in [-0.25, -0.2) is 0 Å². The highest BCUT2D eigenvalue weighted by Gasteiger charge is 2.27. The molecule has 0 radical (unpaired) electrons. The van der Waals surface area contributed by atoms with Crippen molar-refractivity contribution in [1.29, 1.82) is 0 Å². The molecule has 1 aromatic heterocycles. The SMILES string of the molecule is COc1ccc(-c2nnc(CCC(=O)N3CCN(C4CCCC4)CC3)c(=O)[nH]2)cc1. The first-order valence-electron chi connectivity index (χ1n) is 10.8. The first-order valence-corrected chi connectivity index (χ1v) is 10.8. The van der Waals surface area contributed by atoms with Gasteiger partial charge in [-0.1, -0.05) is 12.8 Å². The van der Waals surface area contributed by atoms with Crippen LogP contribution in [0.25, 0.3) is 11.4 Å². The second-order valence-electron chi connectivity index (χ2n) is 8.03. The second-order valence-corrected chi connectivity index (χ2v) is 8.03. The molecule has 2 aromatic rings. The first kappa shape index (κ1) is 20.5. The molecule has 4 rings (SSSR count). The monoisotopic (exact) mass is 411 g/mol. The van der Waals surface area contributed by atoms with Gasteiger partial charge in [0.05, 0.1) is 7.11 Å². The third kappa shape index (κ3) is 4.70. The van der Waals surface area contributed by atoms with E-state index in [0.29, 0.717) is 24.0 Å². The molecule has 0 spiro atoms. The molecule has 2 aliphatic rings. The molecular weight excluding hydrogens is 382 g/mol. The second kappa shape index (κ2) is 9.38. The van der Waals surface area contributed by atoms with E-state index in [0.717, 1.165) is 37.5 Å². The van der Waals surface area contributed by atoms with Crippen molar-refractivity contribution in [2.45, 2.75) is 44.6 Å². The third-order valence-electron chi connectivity index (χ3n) is 6.21. The minimum absolute atomic E-state index is 0.0847. The number of hydrogen-bond acceptors (Lipinski definition) is 6. The number of nitrogens with zero attached hydrogens (tertiary/aromatic N) is 4. The molecule has 0 bridgehead atoms. The number of aromatic nitrogens is 3. The van der Waals surface area contributed by atoms with Crippen LogP contribution >= 0.6 is 0 Å². The number of benzene rings is 1. The quantitative estimate of drug-likeness (QED) is 0.780. The van der Waals surface area contributed by atoms with Crippen molar-refractivity contribution in [3.63, 3.8) is 0 Å². The molecule has 0 atom stereocenters. The smallest absolute Gasteiger partial charge is 0.273 e. The maximum Gasteiger partial charge on any atom is 0.273 e. The van der Waals surface area contributed by atoms with Crippen molar-refractivity contribution in [3.8, 4) is 17.1 Å². The van der Waals surface area contributed by atoms with Crippen LogP contribution in [-0.4, -0.2) is 70.2 Å². The van der Waals surface area contributed by atoms with E-state index >= 15 is 0 Å². The Labute approximate surface area is 176 Å². The van der Waals surface area contributed by atoms with Crippen LogP contribution in [0.5, 0.6) is 5.75 Å². The molecule has 8 nitrogen and oxygen atoms in total. The number of nitrogens with one attached hydrogen (secondary N) is 1. The summed E-state index contributed by atoms with van der Waals surface area (Å²) in [5.74, 6) is 1.22. The van der Waals surface area contributed by atoms with E-state index in [-0.39, 0.29) is 17.9 Å². The Bertz CT molecular complexity index is 913. The van der Waals surface area contributed by atoms with Gasteiger partial charge in [0.15, 0.2) is 5.82 Å². The van der Waals surface area contributed by atoms with Crippen molar-refractivity contribution in [3.05, 3.63) is 40.3 Å². The lowest BCUT2D eigenvalue weighted by atomic mass is 10.1. The van der Waals surface area contributed by atoms with Crippen molar-refractivity contribution in [1.82, 2.24) is 25.0 Å². The van der Waals surface area contributed by atoms with Gasteiger partial charge in [-0.3, -0.25) is 14.5 Å². The minimum atomic E-state index is -0.297. The van der Waals surface area contributed by atoms with Gasteiger partial charge in [-0.05, 0) is 37.1 Å². The standard InChI is InChI=1S/C22H29N5O3/c1-30-18-8-6-16(7-9-18)21-23-22(29)19(24-25-21)10-11-20(28)27-14-12-26(13-15-27)17-4-2-3-5-17/h6-9,17H,2-5,10-15H2,1H3,(H,23,25,29). The minimum Gasteiger partial charge on any atom is -0.497 e. The first-order chi connectivity index (χ1) is 14.6. The van der Waals surface area contributed by atoms with Crippen LogP contribution in [0.3, 0.4) is 0 Å². The van der Waals surface area contributed by atoms with E-state index in [1.807, 2.05) is 17.0 Å². The summed E-state index contributed by atoms with van der Waals surface area (Å²) in [6.45, 7) is 3.45. The van der Waals surface area contributed by atoms with Crippen LogP contribution < -0.4 is 10.3 Å². The van der Waals surface area contributed by atoms with E-state index in [2.05, 4.69) is 20.1 Å². The summed E-state index contributed by atoms with van der Waals surface area (Å²) in [5.41, 5.74) is 0.753. The molecule has 0 unspecified atom stereocenters. The van der Waals surface area contributed by atoms with E-state index < -0.39 is 0 Å². The number of hydrogen-bond donors (Lipinski definition) is 1. The lowest BCUT2D eigenvalue weighted by Gasteiger charge is -2.38. The fourth-order valence-corrected chi connectivity index (χ4v) is 4.39. The molecule has 2 fully saturated rings. The molecule has 30 heavy (non-hydrogen) atoms. The zero-order chi connectivity index (χ0) is 20.9. The molecule has 1 saturated carbocycles. The summed E-state index contributed by atoms with van der Waals surface area (Å²) < 4.78 is 5.14. The zero-order valence-electron chi connectivity index (χ0n) is 17.5. The Morgan fingerprint density at radius 2 is 1.80 bits per heavy atom. The molecule has 1 aromatic carbocycles. The fourth-order valence-electron chi connectivity index (χ4n) is 4.39. The van der Waals surface area contributed by atoms with Crippen LogP contribution in [-0.2, 0) is 11.2 Å². The Balaban J connectivity index is 1.30. The normalized spacial score (nSPS) is 18.0. The number of amides is 1. The Kier molecular flexibility index (Phi) is 6.42. The van der Waals surface area contributed by atoms with Crippen LogP contribution in [0.15, 0.2) is 29.1 Å². The molecule has 2 heterocycles. The number of rotatable bonds is 6. The van der Waals surface area contributed by atoms with E-state index in [4.69, 9.17) is 4.74 Å². The van der Waals surface area contributed by atoms with Crippen LogP contribution in [0.4, 0.5) is 0 Å². The van der Waals surface area contributed by atoms with Gasteiger partial charge in [-0.15, -0.1) is 10.2 Å². The molecular formula is C22H29N5O3. The van der Waals surface area contributed by atoms with Crippen molar-refractivity contribution >= 4 is 5.91 Å². The lowest BCUT2D eigenvalue weighted by Crippen LogP contribution is -2.51. The summed E-state index contributed by atoms with van der Waals surface area (Å²) in [4.78, 5) is 32.2. The van der Waals surface area contributed by atoms with Crippen LogP contribution in [0, 0.1) is 0 Å². The number of methoxy groups -OCH3 is 1. The number of aromatic amines is 1. The summed E-state index contributed by atoms with van der Waals surface area (Å²) >= 11 is 0. The molecule has 8 heteroatoms. The molecule has 1 N–H and O–H groups in total. The molecule has 1 aliphatic carbocycles. The largest absolute Gasteiger partial charge is 0.497 e. The Morgan fingerprint density at radius 1 is 1.10 bits per heavy atom. The average Bonchev–Trinajstić information content (AvgIpc) is 3.33. The molecule has 1 aliphatic heterocycles. The highest BCUT2D eigenvalue weighted by Crippen LogP contribution is 2.24. The van der Waals surface area contributed by atoms with Gasteiger partial charge in [-0.2, -0.15) is 0 Å². The molecule has 160 valence electrons. The maximum absolute atomic E-state index is 12.6. The lowest BCUT2D eigenvalue weighted by molar-refractivity contribution is -0.133. The maximum atomic E-state index is 12.6. The summed E-state index contributed by atoms with van der Waals surface area (Å²) in [7, 11) is 1.60. The van der Waals surface area contributed by atoms with Crippen LogP contribution in [0.1, 0.15) is 37.8 Å². The van der Waals surface area contributed by atoms with Gasteiger partial charge in [0.2, 0.25) is 5.91 Å². The van der Waals surface area contributed by atoms with E-state index in [1.165, 1.54) is 25.7 Å². The average molecular weight is 412 g/mol. The highest BCUT2D eigenvalue weighted by molar-refractivity contribution is 5.76. The predicted octanol–water partition coefficient (Wildman–Crippen LogP) is 1.86. The Hall–Kier alpha value is -2.74. The number of H-pyrrole nitrogens is 1. The van der Waals surface area contributed by atoms with Gasteiger partial charge in [0.1, 0.15) is 11.4 Å². The number of piperazine rings is 1. The van der Waals surface area contributed by atoms with Gasteiger partial charge in [0.25, 0.3) is 5.56 Å². The molecule has 1 amide bonds. The topological polar surface area (TPSA) is 91.4 Å². The predicted molar refractivity (Wildman–Crippen MR) is 113 cm³/mol. The number of carbonyl (C=O) groups excluding carboxylic acids is 1. The van der Waals surface area contributed by atoms with E-state index in [1.54, 1.807) is 19.2 Å². The number of aryl methyl sites for hydroxylation is 1. The van der Waals surface area contributed by atoms with Gasteiger partial charge >= 0.3 is 0 Å². The zero-order valence-corrected chi connectivity index (χ0v) is 17.5. The third-order valence-corrected chi connectivity index (χ3v) is 6.21. The summed E-state index contributed by atoms with van der Waals surface area (Å²) in [6, 6.07) is 7.93. The van der Waals surface area contributed by atoms with Gasteiger partial charge < -0.3 is 14.6 Å².